The van der Waals surface area contributed by atoms with Crippen molar-refractivity contribution in [3.63, 3.8) is 0 Å². The van der Waals surface area contributed by atoms with E-state index in [-0.39, 0.29) is 6.10 Å². The van der Waals surface area contributed by atoms with Crippen molar-refractivity contribution in [2.75, 3.05) is 18.4 Å². The van der Waals surface area contributed by atoms with Crippen LogP contribution in [0.15, 0.2) is 24.3 Å². The molecule has 1 aromatic carbocycles. The second kappa shape index (κ2) is 7.45. The number of nitrogens with zero attached hydrogens (tertiary/aromatic N) is 1. The minimum absolute atomic E-state index is 0.0868. The van der Waals surface area contributed by atoms with Crippen LogP contribution in [0.3, 0.4) is 0 Å². The quantitative estimate of drug-likeness (QED) is 0.857. The SMILES string of the molecule is OC1CCN(Cc2ccccc2NC2CCCC(C3CC3)C2)CC1. The molecule has 2 unspecified atom stereocenters. The fourth-order valence-electron chi connectivity index (χ4n) is 4.69. The van der Waals surface area contributed by atoms with Crippen molar-refractivity contribution in [3.8, 4) is 0 Å². The van der Waals surface area contributed by atoms with Crippen molar-refractivity contribution in [2.24, 2.45) is 11.8 Å². The van der Waals surface area contributed by atoms with E-state index >= 15 is 0 Å². The van der Waals surface area contributed by atoms with Crippen molar-refractivity contribution in [2.45, 2.75) is 70.1 Å². The minimum Gasteiger partial charge on any atom is -0.393 e. The molecule has 3 heteroatoms. The highest BCUT2D eigenvalue weighted by atomic mass is 16.3. The van der Waals surface area contributed by atoms with Gasteiger partial charge in [-0.05, 0) is 62.0 Å². The van der Waals surface area contributed by atoms with Gasteiger partial charge in [-0.3, -0.25) is 4.90 Å². The van der Waals surface area contributed by atoms with Crippen molar-refractivity contribution in [1.82, 2.24) is 4.90 Å². The molecule has 0 radical (unpaired) electrons. The first kappa shape index (κ1) is 16.4. The van der Waals surface area contributed by atoms with Crippen LogP contribution in [-0.2, 0) is 6.54 Å². The van der Waals surface area contributed by atoms with Crippen LogP contribution in [0.5, 0.6) is 0 Å². The van der Waals surface area contributed by atoms with Crippen LogP contribution in [0.1, 0.15) is 56.9 Å². The molecule has 1 heterocycles. The Morgan fingerprint density at radius 2 is 1.75 bits per heavy atom. The summed E-state index contributed by atoms with van der Waals surface area (Å²) in [5.74, 6) is 2.02. The third-order valence-corrected chi connectivity index (χ3v) is 6.33. The van der Waals surface area contributed by atoms with Crippen LogP contribution in [-0.4, -0.2) is 35.2 Å². The standard InChI is InChI=1S/C21H32N2O/c24-20-10-12-23(13-11-20)15-18-4-1-2-7-21(18)22-19-6-3-5-17(14-19)16-8-9-16/h1-2,4,7,16-17,19-20,22,24H,3,5-6,8-15H2. The molecule has 1 saturated heterocycles. The van der Waals surface area contributed by atoms with Gasteiger partial charge in [-0.1, -0.05) is 31.0 Å². The van der Waals surface area contributed by atoms with Crippen LogP contribution < -0.4 is 5.32 Å². The van der Waals surface area contributed by atoms with Crippen LogP contribution >= 0.6 is 0 Å². The van der Waals surface area contributed by atoms with Crippen molar-refractivity contribution in [1.29, 1.82) is 0 Å². The highest BCUT2D eigenvalue weighted by molar-refractivity contribution is 5.51. The van der Waals surface area contributed by atoms with Gasteiger partial charge in [0.1, 0.15) is 0 Å². The zero-order valence-electron chi connectivity index (χ0n) is 14.8. The van der Waals surface area contributed by atoms with Crippen molar-refractivity contribution < 1.29 is 5.11 Å². The summed E-state index contributed by atoms with van der Waals surface area (Å²) >= 11 is 0. The summed E-state index contributed by atoms with van der Waals surface area (Å²) in [5, 5.41) is 13.6. The Hall–Kier alpha value is -1.06. The molecule has 3 nitrogen and oxygen atoms in total. The molecule has 3 fully saturated rings. The Bertz CT molecular complexity index is 534. The topological polar surface area (TPSA) is 35.5 Å². The van der Waals surface area contributed by atoms with E-state index in [2.05, 4.69) is 34.5 Å². The molecule has 132 valence electrons. The lowest BCUT2D eigenvalue weighted by atomic mass is 9.82. The molecule has 0 bridgehead atoms. The van der Waals surface area contributed by atoms with Gasteiger partial charge >= 0.3 is 0 Å². The highest BCUT2D eigenvalue weighted by Crippen LogP contribution is 2.44. The Labute approximate surface area is 146 Å². The first-order valence-electron chi connectivity index (χ1n) is 10.0. The molecule has 4 rings (SSSR count). The Balaban J connectivity index is 1.38. The summed E-state index contributed by atoms with van der Waals surface area (Å²) in [6.07, 6.45) is 10.3. The second-order valence-electron chi connectivity index (χ2n) is 8.27. The van der Waals surface area contributed by atoms with E-state index < -0.39 is 0 Å². The van der Waals surface area contributed by atoms with E-state index in [1.54, 1.807) is 0 Å². The Morgan fingerprint density at radius 1 is 0.958 bits per heavy atom. The normalized spacial score (nSPS) is 29.5. The Morgan fingerprint density at radius 3 is 2.54 bits per heavy atom. The summed E-state index contributed by atoms with van der Waals surface area (Å²) in [6, 6.07) is 9.51. The van der Waals surface area contributed by atoms with E-state index in [0.717, 1.165) is 44.3 Å². The third kappa shape index (κ3) is 4.12. The van der Waals surface area contributed by atoms with Gasteiger partial charge in [0.25, 0.3) is 0 Å². The van der Waals surface area contributed by atoms with Gasteiger partial charge in [-0.15, -0.1) is 0 Å². The molecule has 2 N–H and O–H groups in total. The summed E-state index contributed by atoms with van der Waals surface area (Å²) in [6.45, 7) is 3.04. The number of anilines is 1. The van der Waals surface area contributed by atoms with Crippen LogP contribution in [0.25, 0.3) is 0 Å². The third-order valence-electron chi connectivity index (χ3n) is 6.33. The molecule has 0 amide bonds. The van der Waals surface area contributed by atoms with Gasteiger partial charge in [0.05, 0.1) is 6.10 Å². The molecule has 0 aromatic heterocycles. The lowest BCUT2D eigenvalue weighted by Gasteiger charge is -2.33. The maximum atomic E-state index is 9.70. The number of aliphatic hydroxyl groups is 1. The predicted octanol–water partition coefficient (Wildman–Crippen LogP) is 4.02. The van der Waals surface area contributed by atoms with E-state index in [0.29, 0.717) is 6.04 Å². The van der Waals surface area contributed by atoms with E-state index in [1.807, 2.05) is 0 Å². The molecule has 3 aliphatic rings. The zero-order valence-corrected chi connectivity index (χ0v) is 14.8. The van der Waals surface area contributed by atoms with Gasteiger partial charge in [0.15, 0.2) is 0 Å². The lowest BCUT2D eigenvalue weighted by Crippen LogP contribution is -2.35. The number of hydrogen-bond acceptors (Lipinski definition) is 3. The predicted molar refractivity (Wildman–Crippen MR) is 99.1 cm³/mol. The number of piperidine rings is 1. The van der Waals surface area contributed by atoms with Gasteiger partial charge < -0.3 is 10.4 Å². The fraction of sp³-hybridized carbons (Fsp3) is 0.714. The van der Waals surface area contributed by atoms with Gasteiger partial charge in [-0.2, -0.15) is 0 Å². The average Bonchev–Trinajstić information content (AvgIpc) is 3.44. The smallest absolute Gasteiger partial charge is 0.0564 e. The maximum Gasteiger partial charge on any atom is 0.0564 e. The number of para-hydroxylation sites is 1. The van der Waals surface area contributed by atoms with E-state index in [9.17, 15) is 5.11 Å². The molecule has 24 heavy (non-hydrogen) atoms. The summed E-state index contributed by atoms with van der Waals surface area (Å²) in [7, 11) is 0. The number of aliphatic hydroxyl groups excluding tert-OH is 1. The van der Waals surface area contributed by atoms with Gasteiger partial charge in [0, 0.05) is 31.4 Å². The van der Waals surface area contributed by atoms with Gasteiger partial charge in [-0.25, -0.2) is 0 Å². The van der Waals surface area contributed by atoms with Crippen LogP contribution in [0, 0.1) is 11.8 Å². The lowest BCUT2D eigenvalue weighted by molar-refractivity contribution is 0.0793. The van der Waals surface area contributed by atoms with Crippen LogP contribution in [0.4, 0.5) is 5.69 Å². The van der Waals surface area contributed by atoms with Crippen LogP contribution in [0.2, 0.25) is 0 Å². The molecule has 2 aliphatic carbocycles. The van der Waals surface area contributed by atoms with E-state index in [1.165, 1.54) is 49.8 Å². The minimum atomic E-state index is -0.0868. The maximum absolute atomic E-state index is 9.70. The number of nitrogens with one attached hydrogen (secondary N) is 1. The molecular weight excluding hydrogens is 296 g/mol. The first-order valence-corrected chi connectivity index (χ1v) is 10.0. The molecular formula is C21H32N2O. The largest absolute Gasteiger partial charge is 0.393 e. The molecule has 0 spiro atoms. The number of benzene rings is 1. The second-order valence-corrected chi connectivity index (χ2v) is 8.27. The van der Waals surface area contributed by atoms with Crippen molar-refractivity contribution in [3.05, 3.63) is 29.8 Å². The number of hydrogen-bond donors (Lipinski definition) is 2. The average molecular weight is 329 g/mol. The monoisotopic (exact) mass is 328 g/mol. The molecule has 1 aliphatic heterocycles. The molecule has 2 atom stereocenters. The zero-order chi connectivity index (χ0) is 16.4. The fourth-order valence-corrected chi connectivity index (χ4v) is 4.69. The molecule has 2 saturated carbocycles. The summed E-state index contributed by atoms with van der Waals surface area (Å²) in [5.41, 5.74) is 2.76. The number of rotatable bonds is 5. The first-order chi connectivity index (χ1) is 11.8. The van der Waals surface area contributed by atoms with Crippen molar-refractivity contribution >= 4 is 5.69 Å². The highest BCUT2D eigenvalue weighted by Gasteiger charge is 2.34. The summed E-state index contributed by atoms with van der Waals surface area (Å²) < 4.78 is 0. The Kier molecular flexibility index (Phi) is 5.09. The van der Waals surface area contributed by atoms with E-state index in [4.69, 9.17) is 0 Å². The summed E-state index contributed by atoms with van der Waals surface area (Å²) in [4.78, 5) is 2.49. The molecule has 1 aromatic rings. The van der Waals surface area contributed by atoms with Gasteiger partial charge in [0.2, 0.25) is 0 Å². The number of likely N-dealkylation sites (tertiary alicyclic amines) is 1.